The van der Waals surface area contributed by atoms with E-state index in [1.165, 1.54) is 6.08 Å². The zero-order valence-corrected chi connectivity index (χ0v) is 15.5. The van der Waals surface area contributed by atoms with Gasteiger partial charge in [-0.05, 0) is 29.8 Å². The van der Waals surface area contributed by atoms with Crippen LogP contribution in [0.3, 0.4) is 0 Å². The second kappa shape index (κ2) is 11.3. The lowest BCUT2D eigenvalue weighted by molar-refractivity contribution is -0.131. The number of carbonyl (C=O) groups excluding carboxylic acids is 2. The first kappa shape index (κ1) is 21.6. The number of nitrogens with one attached hydrogen (secondary N) is 1. The van der Waals surface area contributed by atoms with Crippen LogP contribution >= 0.6 is 0 Å². The number of aliphatic hydroxyl groups excluding tert-OH is 1. The molecule has 0 spiro atoms. The van der Waals surface area contributed by atoms with Crippen LogP contribution in [0, 0.1) is 0 Å². The van der Waals surface area contributed by atoms with Crippen LogP contribution < -0.4 is 10.1 Å². The zero-order valence-electron chi connectivity index (χ0n) is 15.5. The fourth-order valence-electron chi connectivity index (χ4n) is 2.40. The lowest BCUT2D eigenvalue weighted by atomic mass is 10.1. The molecular formula is C21H21NO7. The average molecular weight is 399 g/mol. The Morgan fingerprint density at radius 2 is 1.72 bits per heavy atom. The monoisotopic (exact) mass is 399 g/mol. The maximum atomic E-state index is 12.2. The lowest BCUT2D eigenvalue weighted by Gasteiger charge is -2.17. The molecule has 0 radical (unpaired) electrons. The molecule has 0 aliphatic carbocycles. The van der Waals surface area contributed by atoms with Crippen molar-refractivity contribution in [1.82, 2.24) is 5.32 Å². The topological polar surface area (TPSA) is 122 Å². The van der Waals surface area contributed by atoms with Gasteiger partial charge in [-0.3, -0.25) is 10.1 Å². The van der Waals surface area contributed by atoms with Gasteiger partial charge in [-0.15, -0.1) is 0 Å². The van der Waals surface area contributed by atoms with Gasteiger partial charge in [-0.25, -0.2) is 9.59 Å². The number of imide groups is 1. The third-order valence-corrected chi connectivity index (χ3v) is 3.72. The first-order chi connectivity index (χ1) is 14.0. The summed E-state index contributed by atoms with van der Waals surface area (Å²) in [6.07, 6.45) is 0.627. The van der Waals surface area contributed by atoms with Crippen LogP contribution in [0.25, 0.3) is 0 Å². The number of carboxylic acid groups (broad SMARTS) is 1. The lowest BCUT2D eigenvalue weighted by Crippen LogP contribution is -2.32. The molecule has 0 aliphatic rings. The van der Waals surface area contributed by atoms with Crippen LogP contribution in [0.4, 0.5) is 4.79 Å². The Morgan fingerprint density at radius 3 is 2.34 bits per heavy atom. The molecule has 8 heteroatoms. The van der Waals surface area contributed by atoms with Crippen molar-refractivity contribution >= 4 is 18.0 Å². The smallest absolute Gasteiger partial charge is 0.414 e. The highest BCUT2D eigenvalue weighted by atomic mass is 16.6. The van der Waals surface area contributed by atoms with Gasteiger partial charge in [-0.1, -0.05) is 36.4 Å². The Hall–Kier alpha value is -3.65. The van der Waals surface area contributed by atoms with E-state index in [-0.39, 0.29) is 19.6 Å². The van der Waals surface area contributed by atoms with Gasteiger partial charge in [0.1, 0.15) is 18.5 Å². The molecule has 0 heterocycles. The highest BCUT2D eigenvalue weighted by molar-refractivity contribution is 6.02. The first-order valence-electron chi connectivity index (χ1n) is 8.79. The van der Waals surface area contributed by atoms with Gasteiger partial charge >= 0.3 is 12.1 Å². The number of hydrogen-bond acceptors (Lipinski definition) is 6. The summed E-state index contributed by atoms with van der Waals surface area (Å²) in [5.74, 6) is -1.21. The molecule has 1 atom stereocenters. The van der Waals surface area contributed by atoms with Crippen molar-refractivity contribution in [3.8, 4) is 5.75 Å². The van der Waals surface area contributed by atoms with E-state index in [1.807, 2.05) is 0 Å². The highest BCUT2D eigenvalue weighted by Crippen LogP contribution is 2.24. The molecule has 0 fully saturated rings. The summed E-state index contributed by atoms with van der Waals surface area (Å²) in [5, 5.41) is 19.7. The van der Waals surface area contributed by atoms with Crippen LogP contribution in [0.2, 0.25) is 0 Å². The van der Waals surface area contributed by atoms with Gasteiger partial charge < -0.3 is 19.7 Å². The quantitative estimate of drug-likeness (QED) is 0.554. The molecule has 0 bridgehead atoms. The molecule has 0 unspecified atom stereocenters. The predicted octanol–water partition coefficient (Wildman–Crippen LogP) is 2.70. The van der Waals surface area contributed by atoms with Gasteiger partial charge in [0.2, 0.25) is 0 Å². The predicted molar refractivity (Wildman–Crippen MR) is 104 cm³/mol. The van der Waals surface area contributed by atoms with Crippen LogP contribution in [0.15, 0.2) is 66.7 Å². The van der Waals surface area contributed by atoms with Crippen LogP contribution in [-0.2, 0) is 9.53 Å². The molecule has 2 aromatic rings. The van der Waals surface area contributed by atoms with Crippen LogP contribution in [-0.4, -0.2) is 41.4 Å². The molecule has 0 aliphatic heterocycles. The van der Waals surface area contributed by atoms with E-state index in [1.54, 1.807) is 54.6 Å². The van der Waals surface area contributed by atoms with Gasteiger partial charge in [0.05, 0.1) is 6.61 Å². The Labute approximate surface area is 167 Å². The summed E-state index contributed by atoms with van der Waals surface area (Å²) in [6.45, 7) is 0.0215. The third kappa shape index (κ3) is 7.47. The first-order valence-corrected chi connectivity index (χ1v) is 8.79. The summed E-state index contributed by atoms with van der Waals surface area (Å²) >= 11 is 0. The second-order valence-electron chi connectivity index (χ2n) is 5.83. The number of aliphatic carboxylic acids is 1. The van der Waals surface area contributed by atoms with Gasteiger partial charge in [0.25, 0.3) is 5.91 Å². The number of carbonyl (C=O) groups is 3. The van der Waals surface area contributed by atoms with E-state index in [9.17, 15) is 14.4 Å². The van der Waals surface area contributed by atoms with Crippen molar-refractivity contribution in [2.24, 2.45) is 0 Å². The Balaban J connectivity index is 2.07. The Bertz CT molecular complexity index is 847. The number of carboxylic acids is 1. The largest absolute Gasteiger partial charge is 0.491 e. The van der Waals surface area contributed by atoms with Crippen molar-refractivity contribution in [2.45, 2.75) is 12.5 Å². The number of ether oxygens (including phenoxy) is 2. The maximum absolute atomic E-state index is 12.2. The van der Waals surface area contributed by atoms with Gasteiger partial charge in [-0.2, -0.15) is 0 Å². The van der Waals surface area contributed by atoms with E-state index in [2.05, 4.69) is 5.32 Å². The molecule has 29 heavy (non-hydrogen) atoms. The number of hydrogen-bond donors (Lipinski definition) is 3. The average Bonchev–Trinajstić information content (AvgIpc) is 2.72. The minimum absolute atomic E-state index is 0.0933. The summed E-state index contributed by atoms with van der Waals surface area (Å²) in [5.41, 5.74) is 0.885. The van der Waals surface area contributed by atoms with Crippen LogP contribution in [0.1, 0.15) is 28.4 Å². The normalized spacial score (nSPS) is 11.6. The molecule has 0 saturated carbocycles. The van der Waals surface area contributed by atoms with E-state index in [4.69, 9.17) is 19.7 Å². The molecule has 2 amide bonds. The summed E-state index contributed by atoms with van der Waals surface area (Å²) in [6, 6.07) is 14.8. The SMILES string of the molecule is O=C(O)/C=C/C[C@H](OC(=O)NC(=O)c1ccccc1)c1ccc(OCCO)cc1. The minimum atomic E-state index is -1.12. The van der Waals surface area contributed by atoms with Gasteiger partial charge in [0.15, 0.2) is 0 Å². The standard InChI is InChI=1S/C21H21NO7/c23-13-14-28-17-11-9-15(10-12-17)18(7-4-8-19(24)25)29-21(27)22-20(26)16-5-2-1-3-6-16/h1-6,8-12,18,23H,7,13-14H2,(H,24,25)(H,22,26,27)/b8-4+/t18-/m0/s1. The number of benzene rings is 2. The molecule has 152 valence electrons. The van der Waals surface area contributed by atoms with E-state index < -0.39 is 24.1 Å². The van der Waals surface area contributed by atoms with Crippen LogP contribution in [0.5, 0.6) is 5.75 Å². The van der Waals surface area contributed by atoms with E-state index >= 15 is 0 Å². The number of rotatable bonds is 9. The molecule has 3 N–H and O–H groups in total. The molecule has 8 nitrogen and oxygen atoms in total. The van der Waals surface area contributed by atoms with E-state index in [0.29, 0.717) is 16.9 Å². The fraction of sp³-hybridized carbons (Fsp3) is 0.190. The second-order valence-corrected chi connectivity index (χ2v) is 5.83. The summed E-state index contributed by atoms with van der Waals surface area (Å²) < 4.78 is 10.6. The molecular weight excluding hydrogens is 378 g/mol. The number of alkyl carbamates (subject to hydrolysis) is 1. The Morgan fingerprint density at radius 1 is 1.03 bits per heavy atom. The molecule has 2 rings (SSSR count). The van der Waals surface area contributed by atoms with Gasteiger partial charge in [0, 0.05) is 18.1 Å². The molecule has 0 aromatic heterocycles. The zero-order chi connectivity index (χ0) is 21.1. The minimum Gasteiger partial charge on any atom is -0.491 e. The third-order valence-electron chi connectivity index (χ3n) is 3.72. The van der Waals surface area contributed by atoms with Crippen molar-refractivity contribution in [2.75, 3.05) is 13.2 Å². The van der Waals surface area contributed by atoms with Crippen molar-refractivity contribution in [3.63, 3.8) is 0 Å². The Kier molecular flexibility index (Phi) is 8.40. The van der Waals surface area contributed by atoms with Crippen molar-refractivity contribution in [1.29, 1.82) is 0 Å². The van der Waals surface area contributed by atoms with Crippen molar-refractivity contribution in [3.05, 3.63) is 77.9 Å². The number of aliphatic hydroxyl groups is 1. The fourth-order valence-corrected chi connectivity index (χ4v) is 2.40. The van der Waals surface area contributed by atoms with Crippen molar-refractivity contribution < 1.29 is 34.1 Å². The maximum Gasteiger partial charge on any atom is 0.414 e. The molecule has 0 saturated heterocycles. The van der Waals surface area contributed by atoms with E-state index in [0.717, 1.165) is 6.08 Å². The number of amides is 2. The molecule has 2 aromatic carbocycles. The highest BCUT2D eigenvalue weighted by Gasteiger charge is 2.18. The summed E-state index contributed by atoms with van der Waals surface area (Å²) in [4.78, 5) is 34.9. The summed E-state index contributed by atoms with van der Waals surface area (Å²) in [7, 11) is 0.